The lowest BCUT2D eigenvalue weighted by molar-refractivity contribution is -0.169. The number of esters is 3. The van der Waals surface area contributed by atoms with Crippen LogP contribution in [-0.4, -0.2) is 70.1 Å². The third kappa shape index (κ3) is 21.0. The first-order valence-corrected chi connectivity index (χ1v) is 30.2. The molecule has 0 amide bonds. The lowest BCUT2D eigenvalue weighted by Gasteiger charge is -2.29. The molecule has 1 aliphatic rings. The zero-order chi connectivity index (χ0) is 53.4. The van der Waals surface area contributed by atoms with Crippen molar-refractivity contribution in [2.75, 3.05) is 13.2 Å². The molecule has 1 saturated heterocycles. The van der Waals surface area contributed by atoms with E-state index in [0.29, 0.717) is 24.1 Å². The van der Waals surface area contributed by atoms with Crippen molar-refractivity contribution in [2.45, 2.75) is 251 Å². The summed E-state index contributed by atoms with van der Waals surface area (Å²) < 4.78 is 53.5. The first-order chi connectivity index (χ1) is 35.9. The summed E-state index contributed by atoms with van der Waals surface area (Å²) in [5.41, 5.74) is -0.680. The van der Waals surface area contributed by atoms with Gasteiger partial charge in [0, 0.05) is 12.8 Å². The number of para-hydroxylation sites is 1. The van der Waals surface area contributed by atoms with Gasteiger partial charge >= 0.3 is 25.7 Å². The van der Waals surface area contributed by atoms with Crippen molar-refractivity contribution in [3.05, 3.63) is 60.2 Å². The summed E-state index contributed by atoms with van der Waals surface area (Å²) in [5, 5.41) is 18.6. The average molecular weight is 1050 g/mol. The third-order valence-corrected chi connectivity index (χ3v) is 15.9. The Bertz CT molecular complexity index is 2150. The van der Waals surface area contributed by atoms with E-state index in [0.717, 1.165) is 64.2 Å². The van der Waals surface area contributed by atoms with Crippen LogP contribution in [0.3, 0.4) is 0 Å². The third-order valence-electron chi connectivity index (χ3n) is 14.3. The van der Waals surface area contributed by atoms with Gasteiger partial charge in [-0.3, -0.25) is 18.9 Å². The van der Waals surface area contributed by atoms with Gasteiger partial charge in [0.25, 0.3) is 0 Å². The first-order valence-electron chi connectivity index (χ1n) is 28.6. The van der Waals surface area contributed by atoms with Gasteiger partial charge in [0.05, 0.1) is 30.1 Å². The van der Waals surface area contributed by atoms with Crippen LogP contribution in [0.2, 0.25) is 0 Å². The van der Waals surface area contributed by atoms with E-state index in [2.05, 4.69) is 35.1 Å². The molecule has 0 spiro atoms. The minimum absolute atomic E-state index is 0.0710. The monoisotopic (exact) mass is 1050 g/mol. The van der Waals surface area contributed by atoms with E-state index in [4.69, 9.17) is 28.0 Å². The standard InChI is InChI=1S/C58H92N5O10P/c1-7-11-13-15-17-19-21-23-25-27-29-34-38-53(64)70-55-51(43-69-74(67,73-49-36-32-31-33-37-49)62-47(6)57(66)68-42-48(9-3)10-4)72-58(44-59,52-41-40-50-46(5)60-45-61-63(50)52)56(55)71-54(65)39-35-30-28-26-24-22-20-18-16-14-12-8-2/h31-33,36-37,40-41,45,47-48,51,55-56H,7-30,34-35,38-39,42-43H2,1-6H3,(H,62,67)/t47-,51-,55-,56-,58+,74?/m1/s1. The molecule has 1 unspecified atom stereocenters. The van der Waals surface area contributed by atoms with Gasteiger partial charge in [-0.2, -0.15) is 15.4 Å². The molecular formula is C58H92N5O10P. The van der Waals surface area contributed by atoms with E-state index in [9.17, 15) is 24.2 Å². The number of carbonyl (C=O) groups excluding carboxylic acids is 3. The van der Waals surface area contributed by atoms with Gasteiger partial charge in [-0.15, -0.1) is 0 Å². The summed E-state index contributed by atoms with van der Waals surface area (Å²) in [6.45, 7) is 11.4. The zero-order valence-corrected chi connectivity index (χ0v) is 46.9. The summed E-state index contributed by atoms with van der Waals surface area (Å²) in [4.78, 5) is 45.7. The normalized spacial score (nSPS) is 18.8. The van der Waals surface area contributed by atoms with E-state index in [1.807, 2.05) is 13.8 Å². The second-order valence-electron chi connectivity index (χ2n) is 20.4. The number of benzene rings is 1. The molecule has 16 heteroatoms. The molecule has 1 aromatic carbocycles. The van der Waals surface area contributed by atoms with Gasteiger partial charge in [-0.05, 0) is 56.9 Å². The number of hydrogen-bond acceptors (Lipinski definition) is 13. The van der Waals surface area contributed by atoms with Crippen molar-refractivity contribution in [1.82, 2.24) is 19.7 Å². The van der Waals surface area contributed by atoms with Gasteiger partial charge in [-0.25, -0.2) is 14.1 Å². The maximum atomic E-state index is 14.9. The largest absolute Gasteiger partial charge is 0.464 e. The van der Waals surface area contributed by atoms with Gasteiger partial charge in [0.1, 0.15) is 30.3 Å². The highest BCUT2D eigenvalue weighted by Gasteiger charge is 2.63. The van der Waals surface area contributed by atoms with Gasteiger partial charge in [0.2, 0.25) is 5.60 Å². The number of rotatable bonds is 41. The molecule has 4 rings (SSSR count). The van der Waals surface area contributed by atoms with E-state index < -0.39 is 62.2 Å². The maximum Gasteiger partial charge on any atom is 0.459 e. The Morgan fingerprint density at radius 2 is 1.26 bits per heavy atom. The van der Waals surface area contributed by atoms with Crippen LogP contribution in [0.25, 0.3) is 5.52 Å². The Balaban J connectivity index is 1.58. The molecule has 2 aromatic heterocycles. The minimum Gasteiger partial charge on any atom is -0.464 e. The predicted octanol–water partition coefficient (Wildman–Crippen LogP) is 14.3. The number of nitriles is 1. The molecule has 0 aliphatic carbocycles. The van der Waals surface area contributed by atoms with Gasteiger partial charge < -0.3 is 23.5 Å². The molecule has 6 atom stereocenters. The number of fused-ring (bicyclic) bond motifs is 1. The highest BCUT2D eigenvalue weighted by atomic mass is 31.2. The van der Waals surface area contributed by atoms with Crippen LogP contribution in [0.1, 0.15) is 226 Å². The molecule has 1 aliphatic heterocycles. The summed E-state index contributed by atoms with van der Waals surface area (Å²) in [7, 11) is -4.50. The SMILES string of the molecule is CCCCCCCCCCCCCCC(=O)O[C@H]1[C@@H](OC(=O)CCCCCCCCCCCCCC)[C@](C#N)(c2ccc3c(C)ncnn23)O[C@@H]1COP(=O)(N[C@H](C)C(=O)OCC(CC)CC)Oc1ccccc1. The first kappa shape index (κ1) is 62.2. The van der Waals surface area contributed by atoms with Crippen LogP contribution in [0.15, 0.2) is 48.8 Å². The summed E-state index contributed by atoms with van der Waals surface area (Å²) >= 11 is 0. The van der Waals surface area contributed by atoms with E-state index in [-0.39, 0.29) is 36.8 Å². The average Bonchev–Trinajstić information content (AvgIpc) is 3.97. The Hall–Kier alpha value is -4.35. The molecular weight excluding hydrogens is 958 g/mol. The van der Waals surface area contributed by atoms with Crippen LogP contribution in [0.4, 0.5) is 0 Å². The van der Waals surface area contributed by atoms with Crippen LogP contribution in [-0.2, 0) is 48.0 Å². The second kappa shape index (κ2) is 35.1. The Morgan fingerprint density at radius 3 is 1.77 bits per heavy atom. The molecule has 15 nitrogen and oxygen atoms in total. The maximum absolute atomic E-state index is 14.9. The van der Waals surface area contributed by atoms with Crippen LogP contribution in [0, 0.1) is 24.2 Å². The molecule has 3 heterocycles. The number of carbonyl (C=O) groups is 3. The Labute approximate surface area is 443 Å². The lowest BCUT2D eigenvalue weighted by Crippen LogP contribution is -2.46. The molecule has 0 radical (unpaired) electrons. The number of nitrogens with one attached hydrogen (secondary N) is 1. The van der Waals surface area contributed by atoms with Gasteiger partial charge in [-0.1, -0.05) is 200 Å². The van der Waals surface area contributed by atoms with Gasteiger partial charge in [0.15, 0.2) is 12.2 Å². The van der Waals surface area contributed by atoms with E-state index in [1.165, 1.54) is 108 Å². The second-order valence-corrected chi connectivity index (χ2v) is 22.1. The topological polar surface area (TPSA) is 190 Å². The highest BCUT2D eigenvalue weighted by Crippen LogP contribution is 2.48. The summed E-state index contributed by atoms with van der Waals surface area (Å²) in [6.07, 6.45) is 25.9. The molecule has 414 valence electrons. The fourth-order valence-electron chi connectivity index (χ4n) is 9.56. The number of hydrogen-bond donors (Lipinski definition) is 1. The number of ether oxygens (including phenoxy) is 4. The van der Waals surface area contributed by atoms with Crippen molar-refractivity contribution in [3.63, 3.8) is 0 Å². The van der Waals surface area contributed by atoms with E-state index >= 15 is 0 Å². The van der Waals surface area contributed by atoms with Crippen molar-refractivity contribution in [1.29, 1.82) is 5.26 Å². The molecule has 3 aromatic rings. The van der Waals surface area contributed by atoms with Crippen molar-refractivity contribution >= 4 is 31.2 Å². The van der Waals surface area contributed by atoms with Crippen molar-refractivity contribution < 1.29 is 46.9 Å². The fourth-order valence-corrected chi connectivity index (χ4v) is 11.1. The van der Waals surface area contributed by atoms with Crippen molar-refractivity contribution in [3.8, 4) is 11.8 Å². The lowest BCUT2D eigenvalue weighted by atomic mass is 9.92. The van der Waals surface area contributed by atoms with Crippen LogP contribution < -0.4 is 9.61 Å². The number of aryl methyl sites for hydroxylation is 1. The molecule has 0 bridgehead atoms. The number of nitrogens with zero attached hydrogens (tertiary/aromatic N) is 4. The summed E-state index contributed by atoms with van der Waals surface area (Å²) in [5.74, 6) is -1.46. The molecule has 0 saturated carbocycles. The smallest absolute Gasteiger partial charge is 0.459 e. The van der Waals surface area contributed by atoms with Crippen LogP contribution >= 0.6 is 7.75 Å². The number of unbranched alkanes of at least 4 members (excludes halogenated alkanes) is 22. The van der Waals surface area contributed by atoms with Crippen LogP contribution in [0.5, 0.6) is 5.75 Å². The Kier molecular flexibility index (Phi) is 29.5. The van der Waals surface area contributed by atoms with Crippen molar-refractivity contribution in [2.24, 2.45) is 5.92 Å². The fraction of sp³-hybridized carbons (Fsp3) is 0.724. The highest BCUT2D eigenvalue weighted by molar-refractivity contribution is 7.52. The molecule has 74 heavy (non-hydrogen) atoms. The molecule has 1 N–H and O–H groups in total. The Morgan fingerprint density at radius 1 is 0.743 bits per heavy atom. The quantitative estimate of drug-likeness (QED) is 0.0244. The summed E-state index contributed by atoms with van der Waals surface area (Å²) in [6, 6.07) is 12.9. The zero-order valence-electron chi connectivity index (χ0n) is 46.0. The number of aromatic nitrogens is 3. The molecule has 1 fully saturated rings. The predicted molar refractivity (Wildman–Crippen MR) is 289 cm³/mol. The van der Waals surface area contributed by atoms with E-state index in [1.54, 1.807) is 49.4 Å². The minimum atomic E-state index is -4.50.